The number of rotatable bonds is 6. The van der Waals surface area contributed by atoms with Crippen molar-refractivity contribution in [2.75, 3.05) is 0 Å². The van der Waals surface area contributed by atoms with Gasteiger partial charge in [0.1, 0.15) is 0 Å². The van der Waals surface area contributed by atoms with Gasteiger partial charge < -0.3 is 15.2 Å². The van der Waals surface area contributed by atoms with Gasteiger partial charge in [-0.15, -0.1) is 5.10 Å². The molecule has 1 aliphatic heterocycles. The maximum absolute atomic E-state index is 11.6. The van der Waals surface area contributed by atoms with Gasteiger partial charge in [0.25, 0.3) is 0 Å². The molecule has 1 unspecified atom stereocenters. The Bertz CT molecular complexity index is 681. The molecule has 1 amide bonds. The molecule has 0 radical (unpaired) electrons. The number of nitrogens with zero attached hydrogens (tertiary/aromatic N) is 2. The van der Waals surface area contributed by atoms with Gasteiger partial charge in [0.15, 0.2) is 5.17 Å². The van der Waals surface area contributed by atoms with Gasteiger partial charge in [-0.2, -0.15) is 5.10 Å². The summed E-state index contributed by atoms with van der Waals surface area (Å²) in [6.07, 6.45) is 2.31. The number of hydrogen-bond donors (Lipinski definition) is 1. The molecule has 1 aromatic rings. The first-order valence-electron chi connectivity index (χ1n) is 7.71. The van der Waals surface area contributed by atoms with Gasteiger partial charge in [0.2, 0.25) is 5.91 Å². The first kappa shape index (κ1) is 18.2. The highest BCUT2D eigenvalue weighted by Crippen LogP contribution is 2.26. The average Bonchev–Trinajstić information content (AvgIpc) is 2.87. The van der Waals surface area contributed by atoms with Crippen LogP contribution in [0.25, 0.3) is 0 Å². The third kappa shape index (κ3) is 4.67. The van der Waals surface area contributed by atoms with Crippen LogP contribution >= 0.6 is 11.8 Å². The smallest absolute Gasteiger partial charge is 0.239 e. The van der Waals surface area contributed by atoms with Crippen LogP contribution in [0.1, 0.15) is 44.7 Å². The van der Waals surface area contributed by atoms with E-state index in [0.29, 0.717) is 5.17 Å². The van der Waals surface area contributed by atoms with Crippen LogP contribution in [0.5, 0.6) is 0 Å². The molecule has 0 aliphatic carbocycles. The Hall–Kier alpha value is -2.15. The maximum atomic E-state index is 11.6. The number of carbonyl (C=O) groups excluding carboxylic acids is 2. The SMILES string of the molecule is CCC(C)(C)c1ccc(/C=N/N=C2\NC(=O)C(CC(=O)[O-])S2)cc1. The van der Waals surface area contributed by atoms with E-state index in [9.17, 15) is 14.7 Å². The first-order chi connectivity index (χ1) is 11.3. The van der Waals surface area contributed by atoms with Crippen molar-refractivity contribution >= 4 is 35.0 Å². The van der Waals surface area contributed by atoms with E-state index in [1.165, 1.54) is 5.56 Å². The Kier molecular flexibility index (Phi) is 5.77. The van der Waals surface area contributed by atoms with E-state index in [2.05, 4.69) is 48.4 Å². The fourth-order valence-corrected chi connectivity index (χ4v) is 3.02. The highest BCUT2D eigenvalue weighted by atomic mass is 32.2. The lowest BCUT2D eigenvalue weighted by atomic mass is 9.82. The number of aliphatic carboxylic acids is 1. The molecule has 1 fully saturated rings. The summed E-state index contributed by atoms with van der Waals surface area (Å²) < 4.78 is 0. The molecular weight excluding hydrogens is 326 g/mol. The Morgan fingerprint density at radius 1 is 1.38 bits per heavy atom. The van der Waals surface area contributed by atoms with Crippen LogP contribution in [0.4, 0.5) is 0 Å². The Balaban J connectivity index is 1.99. The van der Waals surface area contributed by atoms with Crippen LogP contribution in [0.15, 0.2) is 34.5 Å². The first-order valence-corrected chi connectivity index (χ1v) is 8.58. The molecule has 24 heavy (non-hydrogen) atoms. The second-order valence-electron chi connectivity index (χ2n) is 6.18. The van der Waals surface area contributed by atoms with Gasteiger partial charge in [0.05, 0.1) is 11.5 Å². The standard InChI is InChI=1S/C17H21N3O3S/c1-4-17(2,3)12-7-5-11(6-8-12)10-18-20-16-19-15(23)13(24-16)9-14(21)22/h5-8,10,13H,4,9H2,1-3H3,(H,21,22)(H,19,20,23)/p-1/b18-10+. The van der Waals surface area contributed by atoms with Crippen molar-refractivity contribution in [1.29, 1.82) is 0 Å². The van der Waals surface area contributed by atoms with E-state index in [4.69, 9.17) is 0 Å². The van der Waals surface area contributed by atoms with E-state index in [1.807, 2.05) is 12.1 Å². The lowest BCUT2D eigenvalue weighted by molar-refractivity contribution is -0.305. The van der Waals surface area contributed by atoms with Crippen molar-refractivity contribution in [3.8, 4) is 0 Å². The third-order valence-electron chi connectivity index (χ3n) is 4.06. The summed E-state index contributed by atoms with van der Waals surface area (Å²) in [4.78, 5) is 22.1. The summed E-state index contributed by atoms with van der Waals surface area (Å²) in [6.45, 7) is 6.56. The molecule has 1 aliphatic rings. The van der Waals surface area contributed by atoms with Crippen molar-refractivity contribution in [2.45, 2.75) is 44.3 Å². The van der Waals surface area contributed by atoms with E-state index in [-0.39, 0.29) is 17.7 Å². The van der Waals surface area contributed by atoms with E-state index < -0.39 is 11.2 Å². The highest BCUT2D eigenvalue weighted by molar-refractivity contribution is 8.15. The summed E-state index contributed by atoms with van der Waals surface area (Å²) in [7, 11) is 0. The van der Waals surface area contributed by atoms with Crippen LogP contribution in [0.2, 0.25) is 0 Å². The molecule has 1 atom stereocenters. The topological polar surface area (TPSA) is 94.0 Å². The lowest BCUT2D eigenvalue weighted by Crippen LogP contribution is -2.31. The minimum absolute atomic E-state index is 0.134. The predicted molar refractivity (Wildman–Crippen MR) is 93.9 cm³/mol. The Morgan fingerprint density at radius 2 is 2.04 bits per heavy atom. The fourth-order valence-electron chi connectivity index (χ4n) is 2.11. The number of carboxylic acid groups (broad SMARTS) is 1. The number of hydrogen-bond acceptors (Lipinski definition) is 6. The van der Waals surface area contributed by atoms with Crippen LogP contribution < -0.4 is 10.4 Å². The second-order valence-corrected chi connectivity index (χ2v) is 7.37. The number of amides is 1. The molecule has 1 N–H and O–H groups in total. The van der Waals surface area contributed by atoms with Gasteiger partial charge in [0, 0.05) is 12.4 Å². The van der Waals surface area contributed by atoms with Gasteiger partial charge in [-0.05, 0) is 23.0 Å². The van der Waals surface area contributed by atoms with E-state index in [0.717, 1.165) is 23.7 Å². The number of carbonyl (C=O) groups is 2. The predicted octanol–water partition coefficient (Wildman–Crippen LogP) is 1.44. The number of carboxylic acids is 1. The minimum atomic E-state index is -1.26. The average molecular weight is 346 g/mol. The molecule has 0 spiro atoms. The van der Waals surface area contributed by atoms with Crippen molar-refractivity contribution in [2.24, 2.45) is 10.2 Å². The van der Waals surface area contributed by atoms with Gasteiger partial charge in [-0.1, -0.05) is 56.8 Å². The maximum Gasteiger partial charge on any atom is 0.239 e. The van der Waals surface area contributed by atoms with Crippen LogP contribution in [-0.4, -0.2) is 28.5 Å². The van der Waals surface area contributed by atoms with Crippen LogP contribution in [0, 0.1) is 0 Å². The van der Waals surface area contributed by atoms with Crippen molar-refractivity contribution in [3.63, 3.8) is 0 Å². The third-order valence-corrected chi connectivity index (χ3v) is 5.13. The summed E-state index contributed by atoms with van der Waals surface area (Å²) in [5, 5.41) is 20.5. The molecule has 0 aromatic heterocycles. The molecule has 2 rings (SSSR count). The van der Waals surface area contributed by atoms with E-state index in [1.54, 1.807) is 6.21 Å². The van der Waals surface area contributed by atoms with E-state index >= 15 is 0 Å². The van der Waals surface area contributed by atoms with Gasteiger partial charge in [-0.25, -0.2) is 0 Å². The quantitative estimate of drug-likeness (QED) is 0.623. The van der Waals surface area contributed by atoms with Crippen molar-refractivity contribution < 1.29 is 14.7 Å². The Labute approximate surface area is 145 Å². The molecule has 6 nitrogen and oxygen atoms in total. The molecular formula is C17H20N3O3S-. The summed E-state index contributed by atoms with van der Waals surface area (Å²) >= 11 is 1.05. The molecule has 128 valence electrons. The minimum Gasteiger partial charge on any atom is -0.550 e. The zero-order chi connectivity index (χ0) is 17.7. The van der Waals surface area contributed by atoms with Crippen LogP contribution in [0.3, 0.4) is 0 Å². The number of benzene rings is 1. The monoisotopic (exact) mass is 346 g/mol. The van der Waals surface area contributed by atoms with Crippen LogP contribution in [-0.2, 0) is 15.0 Å². The molecule has 0 saturated carbocycles. The molecule has 1 aromatic carbocycles. The highest BCUT2D eigenvalue weighted by Gasteiger charge is 2.30. The fraction of sp³-hybridized carbons (Fsp3) is 0.412. The molecule has 7 heteroatoms. The largest absolute Gasteiger partial charge is 0.550 e. The zero-order valence-corrected chi connectivity index (χ0v) is 14.7. The van der Waals surface area contributed by atoms with Crippen molar-refractivity contribution in [1.82, 2.24) is 5.32 Å². The van der Waals surface area contributed by atoms with Crippen molar-refractivity contribution in [3.05, 3.63) is 35.4 Å². The lowest BCUT2D eigenvalue weighted by Gasteiger charge is -2.23. The summed E-state index contributed by atoms with van der Waals surface area (Å²) in [6, 6.07) is 8.07. The zero-order valence-electron chi connectivity index (χ0n) is 13.9. The molecule has 0 bridgehead atoms. The van der Waals surface area contributed by atoms with Gasteiger partial charge >= 0.3 is 0 Å². The molecule has 1 saturated heterocycles. The summed E-state index contributed by atoms with van der Waals surface area (Å²) in [5.74, 6) is -1.65. The summed E-state index contributed by atoms with van der Waals surface area (Å²) in [5.41, 5.74) is 2.29. The normalized spacial score (nSPS) is 19.9. The number of amidine groups is 1. The Morgan fingerprint density at radius 3 is 2.62 bits per heavy atom. The number of nitrogens with one attached hydrogen (secondary N) is 1. The second kappa shape index (κ2) is 7.61. The number of thioether (sulfide) groups is 1. The molecule has 1 heterocycles. The van der Waals surface area contributed by atoms with Gasteiger partial charge in [-0.3, -0.25) is 4.79 Å².